The Morgan fingerprint density at radius 1 is 1.41 bits per heavy atom. The number of nitrogens with one attached hydrogen (secondary N) is 1. The van der Waals surface area contributed by atoms with Gasteiger partial charge in [-0.05, 0) is 25.8 Å². The average molecular weight is 255 g/mol. The first-order chi connectivity index (χ1) is 8.04. The monoisotopic (exact) mass is 255 g/mol. The second-order valence-electron chi connectivity index (χ2n) is 4.98. The highest BCUT2D eigenvalue weighted by Crippen LogP contribution is 2.24. The lowest BCUT2D eigenvalue weighted by atomic mass is 10.0. The maximum atomic E-state index is 4.50. The van der Waals surface area contributed by atoms with Gasteiger partial charge in [0, 0.05) is 30.7 Å². The van der Waals surface area contributed by atoms with E-state index in [-0.39, 0.29) is 0 Å². The largest absolute Gasteiger partial charge is 0.348 e. The van der Waals surface area contributed by atoms with Crippen molar-refractivity contribution < 1.29 is 0 Å². The molecule has 1 aromatic rings. The predicted molar refractivity (Wildman–Crippen MR) is 76.8 cm³/mol. The van der Waals surface area contributed by atoms with Crippen LogP contribution >= 0.6 is 11.3 Å². The molecule has 1 aromatic heterocycles. The molecule has 1 atom stereocenters. The fourth-order valence-corrected chi connectivity index (χ4v) is 2.76. The lowest BCUT2D eigenvalue weighted by molar-refractivity contribution is 0.504. The smallest absolute Gasteiger partial charge is 0.185 e. The van der Waals surface area contributed by atoms with Crippen LogP contribution in [0.25, 0.3) is 0 Å². The van der Waals surface area contributed by atoms with Gasteiger partial charge in [0.1, 0.15) is 0 Å². The Labute approximate surface area is 109 Å². The molecule has 3 nitrogen and oxygen atoms in total. The molecule has 0 spiro atoms. The summed E-state index contributed by atoms with van der Waals surface area (Å²) in [5.41, 5.74) is 0. The summed E-state index contributed by atoms with van der Waals surface area (Å²) in [5, 5.41) is 4.46. The van der Waals surface area contributed by atoms with Crippen LogP contribution in [-0.4, -0.2) is 24.6 Å². The maximum Gasteiger partial charge on any atom is 0.185 e. The lowest BCUT2D eigenvalue weighted by Gasteiger charge is -2.25. The number of hydrogen-bond acceptors (Lipinski definition) is 4. The Morgan fingerprint density at radius 3 is 2.71 bits per heavy atom. The first-order valence-electron chi connectivity index (χ1n) is 6.42. The van der Waals surface area contributed by atoms with Gasteiger partial charge in [-0.2, -0.15) is 0 Å². The minimum absolute atomic E-state index is 0.549. The quantitative estimate of drug-likeness (QED) is 0.811. The number of rotatable bonds is 7. The van der Waals surface area contributed by atoms with Gasteiger partial charge < -0.3 is 10.2 Å². The van der Waals surface area contributed by atoms with Gasteiger partial charge in [-0.1, -0.05) is 20.8 Å². The molecule has 0 aromatic carbocycles. The van der Waals surface area contributed by atoms with Crippen LogP contribution in [0, 0.1) is 5.92 Å². The van der Waals surface area contributed by atoms with E-state index in [0.29, 0.717) is 6.04 Å². The summed E-state index contributed by atoms with van der Waals surface area (Å²) in [7, 11) is 2.14. The zero-order valence-corrected chi connectivity index (χ0v) is 12.5. The van der Waals surface area contributed by atoms with E-state index in [1.54, 1.807) is 11.3 Å². The van der Waals surface area contributed by atoms with Crippen molar-refractivity contribution in [3.63, 3.8) is 0 Å². The van der Waals surface area contributed by atoms with E-state index in [9.17, 15) is 0 Å². The van der Waals surface area contributed by atoms with Gasteiger partial charge in [0.25, 0.3) is 0 Å². The van der Waals surface area contributed by atoms with Crippen molar-refractivity contribution in [2.24, 2.45) is 5.92 Å². The van der Waals surface area contributed by atoms with Gasteiger partial charge in [0.2, 0.25) is 0 Å². The third-order valence-corrected chi connectivity index (χ3v) is 3.95. The average Bonchev–Trinajstić information content (AvgIpc) is 2.72. The zero-order valence-electron chi connectivity index (χ0n) is 11.7. The first kappa shape index (κ1) is 14.5. The summed E-state index contributed by atoms with van der Waals surface area (Å²) >= 11 is 1.79. The predicted octanol–water partition coefficient (Wildman–Crippen LogP) is 3.12. The second-order valence-corrected chi connectivity index (χ2v) is 6.07. The Hall–Kier alpha value is -0.610. The van der Waals surface area contributed by atoms with E-state index in [0.717, 1.165) is 24.1 Å². The van der Waals surface area contributed by atoms with Crippen molar-refractivity contribution >= 4 is 16.5 Å². The second kappa shape index (κ2) is 6.97. The van der Waals surface area contributed by atoms with Crippen LogP contribution in [0.2, 0.25) is 0 Å². The van der Waals surface area contributed by atoms with E-state index in [4.69, 9.17) is 0 Å². The summed E-state index contributed by atoms with van der Waals surface area (Å²) < 4.78 is 0. The van der Waals surface area contributed by atoms with Crippen molar-refractivity contribution in [2.45, 2.75) is 46.7 Å². The number of nitrogens with zero attached hydrogens (tertiary/aromatic N) is 2. The molecular formula is C13H25N3S. The third-order valence-electron chi connectivity index (χ3n) is 2.87. The van der Waals surface area contributed by atoms with Crippen LogP contribution in [0.5, 0.6) is 0 Å². The van der Waals surface area contributed by atoms with Crippen molar-refractivity contribution in [3.8, 4) is 0 Å². The first-order valence-corrected chi connectivity index (χ1v) is 7.24. The van der Waals surface area contributed by atoms with E-state index in [1.807, 2.05) is 6.20 Å². The molecule has 17 heavy (non-hydrogen) atoms. The van der Waals surface area contributed by atoms with E-state index in [2.05, 4.69) is 49.9 Å². The molecule has 0 amide bonds. The van der Waals surface area contributed by atoms with Crippen LogP contribution in [0.4, 0.5) is 5.13 Å². The molecule has 0 radical (unpaired) electrons. The number of thiazole rings is 1. The van der Waals surface area contributed by atoms with E-state index in [1.165, 1.54) is 11.3 Å². The minimum atomic E-state index is 0.549. The van der Waals surface area contributed by atoms with Crippen molar-refractivity contribution in [1.29, 1.82) is 0 Å². The normalized spacial score (nSPS) is 13.1. The van der Waals surface area contributed by atoms with Crippen molar-refractivity contribution in [3.05, 3.63) is 11.1 Å². The van der Waals surface area contributed by atoms with Crippen molar-refractivity contribution in [1.82, 2.24) is 10.3 Å². The summed E-state index contributed by atoms with van der Waals surface area (Å²) in [5.74, 6) is 0.730. The molecule has 1 N–H and O–H groups in total. The molecule has 0 saturated heterocycles. The standard InChI is InChI=1S/C13H25N3S/c1-6-14-8-12-9-15-13(17-12)16(5)11(4)7-10(2)3/h9-11,14H,6-8H2,1-5H3. The van der Waals surface area contributed by atoms with Crippen LogP contribution in [-0.2, 0) is 6.54 Å². The summed E-state index contributed by atoms with van der Waals surface area (Å²) in [4.78, 5) is 8.10. The third kappa shape index (κ3) is 4.64. The molecule has 1 rings (SSSR count). The van der Waals surface area contributed by atoms with Gasteiger partial charge in [-0.25, -0.2) is 4.98 Å². The molecule has 0 aliphatic carbocycles. The Bertz CT molecular complexity index is 322. The highest BCUT2D eigenvalue weighted by atomic mass is 32.1. The lowest BCUT2D eigenvalue weighted by Crippen LogP contribution is -2.29. The summed E-state index contributed by atoms with van der Waals surface area (Å²) in [6.45, 7) is 10.9. The molecule has 0 bridgehead atoms. The van der Waals surface area contributed by atoms with Gasteiger partial charge >= 0.3 is 0 Å². The molecule has 0 aliphatic rings. The molecule has 98 valence electrons. The molecule has 0 fully saturated rings. The highest BCUT2D eigenvalue weighted by molar-refractivity contribution is 7.15. The van der Waals surface area contributed by atoms with Crippen molar-refractivity contribution in [2.75, 3.05) is 18.5 Å². The number of anilines is 1. The topological polar surface area (TPSA) is 28.2 Å². The zero-order chi connectivity index (χ0) is 12.8. The Morgan fingerprint density at radius 2 is 2.12 bits per heavy atom. The van der Waals surface area contributed by atoms with Gasteiger partial charge in [-0.3, -0.25) is 0 Å². The molecule has 0 aliphatic heterocycles. The van der Waals surface area contributed by atoms with Crippen LogP contribution in [0.1, 0.15) is 39.0 Å². The molecule has 0 saturated carbocycles. The minimum Gasteiger partial charge on any atom is -0.348 e. The fraction of sp³-hybridized carbons (Fsp3) is 0.769. The van der Waals surface area contributed by atoms with Crippen LogP contribution in [0.3, 0.4) is 0 Å². The summed E-state index contributed by atoms with van der Waals surface area (Å²) in [6, 6.07) is 0.549. The van der Waals surface area contributed by atoms with E-state index >= 15 is 0 Å². The van der Waals surface area contributed by atoms with Gasteiger partial charge in [0.05, 0.1) is 0 Å². The Balaban J connectivity index is 2.56. The molecule has 1 heterocycles. The van der Waals surface area contributed by atoms with Crippen LogP contribution < -0.4 is 10.2 Å². The molecule has 4 heteroatoms. The van der Waals surface area contributed by atoms with Gasteiger partial charge in [-0.15, -0.1) is 11.3 Å². The highest BCUT2D eigenvalue weighted by Gasteiger charge is 2.14. The van der Waals surface area contributed by atoms with E-state index < -0.39 is 0 Å². The number of hydrogen-bond donors (Lipinski definition) is 1. The molecule has 1 unspecified atom stereocenters. The molecular weight excluding hydrogens is 230 g/mol. The summed E-state index contributed by atoms with van der Waals surface area (Å²) in [6.07, 6.45) is 3.19. The van der Waals surface area contributed by atoms with Crippen LogP contribution in [0.15, 0.2) is 6.20 Å². The maximum absolute atomic E-state index is 4.50. The Kier molecular flexibility index (Phi) is 5.92. The fourth-order valence-electron chi connectivity index (χ4n) is 1.82. The van der Waals surface area contributed by atoms with Gasteiger partial charge in [0.15, 0.2) is 5.13 Å². The number of aromatic nitrogens is 1. The SMILES string of the molecule is CCNCc1cnc(N(C)C(C)CC(C)C)s1.